The summed E-state index contributed by atoms with van der Waals surface area (Å²) in [5.74, 6) is 0. The van der Waals surface area contributed by atoms with Crippen LogP contribution in [0.3, 0.4) is 0 Å². The van der Waals surface area contributed by atoms with Gasteiger partial charge in [-0.05, 0) is 21.7 Å². The van der Waals surface area contributed by atoms with Gasteiger partial charge in [0.25, 0.3) is 0 Å². The van der Waals surface area contributed by atoms with Crippen LogP contribution < -0.4 is 10.9 Å². The minimum absolute atomic E-state index is 0.559. The third kappa shape index (κ3) is 2.03. The Morgan fingerprint density at radius 2 is 1.28 bits per heavy atom. The Bertz CT molecular complexity index is 664. The van der Waals surface area contributed by atoms with E-state index >= 15 is 0 Å². The molecular formula is C16H13BO. The van der Waals surface area contributed by atoms with Crippen LogP contribution in [-0.4, -0.2) is 11.9 Å². The minimum Gasteiger partial charge on any atom is -0.443 e. The fraction of sp³-hybridized carbons (Fsp3) is 0. The van der Waals surface area contributed by atoms with Crippen LogP contribution in [0, 0.1) is 0 Å². The summed E-state index contributed by atoms with van der Waals surface area (Å²) in [5.41, 5.74) is 1.85. The van der Waals surface area contributed by atoms with Crippen molar-refractivity contribution in [1.82, 2.24) is 0 Å². The molecule has 0 aliphatic carbocycles. The predicted molar refractivity (Wildman–Crippen MR) is 77.6 cm³/mol. The Kier molecular flexibility index (Phi) is 2.87. The van der Waals surface area contributed by atoms with E-state index in [2.05, 4.69) is 18.2 Å². The SMILES string of the molecule is OB(c1ccccc1)c1ccc2ccccc2c1. The number of hydrogen-bond donors (Lipinski definition) is 1. The number of hydrogen-bond acceptors (Lipinski definition) is 1. The summed E-state index contributed by atoms with van der Waals surface area (Å²) in [5, 5.41) is 12.7. The lowest BCUT2D eigenvalue weighted by molar-refractivity contribution is 0.600. The molecule has 86 valence electrons. The van der Waals surface area contributed by atoms with Crippen LogP contribution in [0.2, 0.25) is 0 Å². The third-order valence-corrected chi connectivity index (χ3v) is 3.20. The smallest absolute Gasteiger partial charge is 0.358 e. The van der Waals surface area contributed by atoms with Gasteiger partial charge < -0.3 is 5.02 Å². The van der Waals surface area contributed by atoms with Crippen LogP contribution in [0.1, 0.15) is 0 Å². The molecule has 0 fully saturated rings. The van der Waals surface area contributed by atoms with Crippen LogP contribution in [0.4, 0.5) is 0 Å². The summed E-state index contributed by atoms with van der Waals surface area (Å²) in [6, 6.07) is 24.0. The second-order valence-corrected chi connectivity index (χ2v) is 4.42. The van der Waals surface area contributed by atoms with E-state index in [0.717, 1.165) is 16.3 Å². The van der Waals surface area contributed by atoms with E-state index in [1.54, 1.807) is 0 Å². The first-order chi connectivity index (χ1) is 8.84. The van der Waals surface area contributed by atoms with Gasteiger partial charge in [-0.15, -0.1) is 0 Å². The summed E-state index contributed by atoms with van der Waals surface area (Å²) in [6.07, 6.45) is 0. The summed E-state index contributed by atoms with van der Waals surface area (Å²) in [6.45, 7) is -0.559. The standard InChI is InChI=1S/C16H13BO/c18-17(15-8-2-1-3-9-15)16-11-10-13-6-4-5-7-14(13)12-16/h1-12,18H. The van der Waals surface area contributed by atoms with Crippen LogP contribution in [0.25, 0.3) is 10.8 Å². The highest BCUT2D eigenvalue weighted by Crippen LogP contribution is 2.11. The summed E-state index contributed by atoms with van der Waals surface area (Å²) in [7, 11) is 0. The molecule has 3 rings (SSSR count). The van der Waals surface area contributed by atoms with Crippen molar-refractivity contribution in [2.24, 2.45) is 0 Å². The Labute approximate surface area is 107 Å². The molecule has 0 aliphatic heterocycles. The summed E-state index contributed by atoms with van der Waals surface area (Å²) >= 11 is 0. The van der Waals surface area contributed by atoms with Gasteiger partial charge in [0.1, 0.15) is 0 Å². The Balaban J connectivity index is 2.04. The maximum Gasteiger partial charge on any atom is 0.358 e. The van der Waals surface area contributed by atoms with Crippen molar-refractivity contribution in [2.75, 3.05) is 0 Å². The highest BCUT2D eigenvalue weighted by Gasteiger charge is 2.16. The highest BCUT2D eigenvalue weighted by atomic mass is 16.2. The molecule has 0 bridgehead atoms. The van der Waals surface area contributed by atoms with E-state index in [0.29, 0.717) is 0 Å². The lowest BCUT2D eigenvalue weighted by atomic mass is 9.56. The van der Waals surface area contributed by atoms with Crippen LogP contribution in [0.5, 0.6) is 0 Å². The van der Waals surface area contributed by atoms with Gasteiger partial charge in [0.05, 0.1) is 0 Å². The molecule has 0 heterocycles. The maximum absolute atomic E-state index is 10.4. The van der Waals surface area contributed by atoms with Crippen molar-refractivity contribution in [3.63, 3.8) is 0 Å². The molecule has 1 nitrogen and oxygen atoms in total. The van der Waals surface area contributed by atoms with Gasteiger partial charge in [-0.1, -0.05) is 72.8 Å². The molecule has 1 N–H and O–H groups in total. The maximum atomic E-state index is 10.4. The topological polar surface area (TPSA) is 20.2 Å². The van der Waals surface area contributed by atoms with E-state index in [9.17, 15) is 5.02 Å². The number of rotatable bonds is 2. The molecule has 18 heavy (non-hydrogen) atoms. The molecule has 0 spiro atoms. The highest BCUT2D eigenvalue weighted by molar-refractivity contribution is 6.79. The first kappa shape index (κ1) is 11.1. The van der Waals surface area contributed by atoms with Gasteiger partial charge in [0, 0.05) is 0 Å². The van der Waals surface area contributed by atoms with E-state index in [1.165, 1.54) is 5.39 Å². The van der Waals surface area contributed by atoms with Gasteiger partial charge in [-0.2, -0.15) is 0 Å². The average Bonchev–Trinajstić information content (AvgIpc) is 2.47. The average molecular weight is 232 g/mol. The predicted octanol–water partition coefficient (Wildman–Crippen LogP) is 1.94. The largest absolute Gasteiger partial charge is 0.443 e. The zero-order chi connectivity index (χ0) is 12.4. The molecule has 3 aromatic carbocycles. The van der Waals surface area contributed by atoms with Crippen molar-refractivity contribution in [3.8, 4) is 0 Å². The normalized spacial score (nSPS) is 10.5. The van der Waals surface area contributed by atoms with Gasteiger partial charge >= 0.3 is 6.92 Å². The third-order valence-electron chi connectivity index (χ3n) is 3.20. The first-order valence-electron chi connectivity index (χ1n) is 6.06. The van der Waals surface area contributed by atoms with Gasteiger partial charge in [0.2, 0.25) is 0 Å². The number of benzene rings is 3. The lowest BCUT2D eigenvalue weighted by Crippen LogP contribution is -2.42. The molecule has 0 radical (unpaired) electrons. The lowest BCUT2D eigenvalue weighted by Gasteiger charge is -2.08. The van der Waals surface area contributed by atoms with Crippen molar-refractivity contribution in [1.29, 1.82) is 0 Å². The first-order valence-corrected chi connectivity index (χ1v) is 6.06. The summed E-state index contributed by atoms with van der Waals surface area (Å²) < 4.78 is 0. The van der Waals surface area contributed by atoms with E-state index in [1.807, 2.05) is 54.6 Å². The Hall–Kier alpha value is -2.06. The fourth-order valence-corrected chi connectivity index (χ4v) is 2.21. The second kappa shape index (κ2) is 4.67. The minimum atomic E-state index is -0.559. The monoisotopic (exact) mass is 232 g/mol. The molecule has 0 aliphatic rings. The fourth-order valence-electron chi connectivity index (χ4n) is 2.21. The Morgan fingerprint density at radius 3 is 2.06 bits per heavy atom. The quantitative estimate of drug-likeness (QED) is 0.669. The number of fused-ring (bicyclic) bond motifs is 1. The van der Waals surface area contributed by atoms with E-state index in [-0.39, 0.29) is 0 Å². The van der Waals surface area contributed by atoms with Crippen molar-refractivity contribution < 1.29 is 5.02 Å². The van der Waals surface area contributed by atoms with Crippen molar-refractivity contribution in [3.05, 3.63) is 72.8 Å². The zero-order valence-electron chi connectivity index (χ0n) is 9.95. The molecule has 0 saturated carbocycles. The molecular weight excluding hydrogens is 219 g/mol. The van der Waals surface area contributed by atoms with Gasteiger partial charge in [-0.3, -0.25) is 0 Å². The van der Waals surface area contributed by atoms with Gasteiger partial charge in [0.15, 0.2) is 0 Å². The van der Waals surface area contributed by atoms with E-state index < -0.39 is 6.92 Å². The van der Waals surface area contributed by atoms with Crippen LogP contribution in [-0.2, 0) is 0 Å². The summed E-state index contributed by atoms with van der Waals surface area (Å²) in [4.78, 5) is 0. The van der Waals surface area contributed by atoms with Gasteiger partial charge in [-0.25, -0.2) is 0 Å². The van der Waals surface area contributed by atoms with E-state index in [4.69, 9.17) is 0 Å². The molecule has 3 aromatic rings. The Morgan fingerprint density at radius 1 is 0.611 bits per heavy atom. The molecule has 0 aromatic heterocycles. The van der Waals surface area contributed by atoms with Crippen LogP contribution in [0.15, 0.2) is 72.8 Å². The zero-order valence-corrected chi connectivity index (χ0v) is 9.95. The molecule has 0 amide bonds. The molecule has 0 atom stereocenters. The van der Waals surface area contributed by atoms with Crippen LogP contribution >= 0.6 is 0 Å². The second-order valence-electron chi connectivity index (χ2n) is 4.42. The van der Waals surface area contributed by atoms with Crippen molar-refractivity contribution in [2.45, 2.75) is 0 Å². The van der Waals surface area contributed by atoms with Crippen molar-refractivity contribution >= 4 is 28.6 Å². The molecule has 0 saturated heterocycles. The molecule has 2 heteroatoms. The molecule has 0 unspecified atom stereocenters.